The molecule has 0 atom stereocenters. The summed E-state index contributed by atoms with van der Waals surface area (Å²) in [6.45, 7) is 10.4. The molecule has 2 fully saturated rings. The highest BCUT2D eigenvalue weighted by molar-refractivity contribution is 5.49. The van der Waals surface area contributed by atoms with Crippen molar-refractivity contribution >= 4 is 5.69 Å². The first-order valence-corrected chi connectivity index (χ1v) is 8.82. The molecular weight excluding hydrogens is 289 g/mol. The quantitative estimate of drug-likeness (QED) is 0.885. The predicted octanol–water partition coefficient (Wildman–Crippen LogP) is 4.53. The van der Waals surface area contributed by atoms with Gasteiger partial charge in [0.1, 0.15) is 5.67 Å². The molecule has 1 heterocycles. The second kappa shape index (κ2) is 5.47. The number of rotatable bonds is 3. The van der Waals surface area contributed by atoms with Crippen LogP contribution in [0.15, 0.2) is 24.3 Å². The lowest BCUT2D eigenvalue weighted by atomic mass is 9.46. The van der Waals surface area contributed by atoms with Crippen LogP contribution in [-0.2, 0) is 0 Å². The monoisotopic (exact) mass is 319 g/mol. The number of hydrogen-bond donors (Lipinski definition) is 1. The van der Waals surface area contributed by atoms with E-state index in [1.807, 2.05) is 0 Å². The molecule has 1 aliphatic heterocycles. The van der Waals surface area contributed by atoms with E-state index in [1.165, 1.54) is 17.7 Å². The van der Waals surface area contributed by atoms with Gasteiger partial charge in [0, 0.05) is 31.6 Å². The molecule has 0 amide bonds. The molecule has 1 saturated heterocycles. The zero-order chi connectivity index (χ0) is 16.9. The molecule has 2 aliphatic rings. The van der Waals surface area contributed by atoms with E-state index in [1.54, 1.807) is 0 Å². The zero-order valence-corrected chi connectivity index (χ0v) is 14.9. The Morgan fingerprint density at radius 2 is 1.57 bits per heavy atom. The Morgan fingerprint density at radius 1 is 1.04 bits per heavy atom. The minimum Gasteiger partial charge on any atom is -0.393 e. The highest BCUT2D eigenvalue weighted by Gasteiger charge is 2.53. The van der Waals surface area contributed by atoms with E-state index < -0.39 is 5.67 Å². The van der Waals surface area contributed by atoms with Gasteiger partial charge in [0.15, 0.2) is 0 Å². The third-order valence-corrected chi connectivity index (χ3v) is 6.01. The Morgan fingerprint density at radius 3 is 2.00 bits per heavy atom. The van der Waals surface area contributed by atoms with Gasteiger partial charge in [-0.25, -0.2) is 4.39 Å². The molecule has 3 heteroatoms. The Labute approximate surface area is 139 Å². The standard InChI is InChI=1S/C20H30FNO/c1-18(2)13-19(3,4)17(18)15-5-7-16(8-6-15)22-11-9-20(21,14-23)10-12-22/h5-8,17,23H,9-14H2,1-4H3. The largest absolute Gasteiger partial charge is 0.393 e. The zero-order valence-electron chi connectivity index (χ0n) is 14.9. The topological polar surface area (TPSA) is 23.5 Å². The molecule has 0 aromatic heterocycles. The number of anilines is 1. The number of aliphatic hydroxyl groups is 1. The van der Waals surface area contributed by atoms with Crippen LogP contribution in [0.4, 0.5) is 10.1 Å². The van der Waals surface area contributed by atoms with E-state index in [4.69, 9.17) is 5.11 Å². The summed E-state index contributed by atoms with van der Waals surface area (Å²) in [7, 11) is 0. The third-order valence-electron chi connectivity index (χ3n) is 6.01. The summed E-state index contributed by atoms with van der Waals surface area (Å²) in [6.07, 6.45) is 2.08. The molecule has 128 valence electrons. The first-order chi connectivity index (χ1) is 10.7. The lowest BCUT2D eigenvalue weighted by molar-refractivity contribution is -0.0229. The van der Waals surface area contributed by atoms with Crippen molar-refractivity contribution in [2.75, 3.05) is 24.6 Å². The third kappa shape index (κ3) is 3.00. The fraction of sp³-hybridized carbons (Fsp3) is 0.700. The molecule has 1 N–H and O–H groups in total. The van der Waals surface area contributed by atoms with Crippen LogP contribution in [0.5, 0.6) is 0 Å². The van der Waals surface area contributed by atoms with Gasteiger partial charge in [0.25, 0.3) is 0 Å². The lowest BCUT2D eigenvalue weighted by Gasteiger charge is -2.58. The summed E-state index contributed by atoms with van der Waals surface area (Å²) in [5.41, 5.74) is 1.94. The molecule has 0 bridgehead atoms. The highest BCUT2D eigenvalue weighted by Crippen LogP contribution is 2.63. The lowest BCUT2D eigenvalue weighted by Crippen LogP contribution is -2.48. The molecule has 3 rings (SSSR count). The smallest absolute Gasteiger partial charge is 0.137 e. The van der Waals surface area contributed by atoms with Gasteiger partial charge in [-0.2, -0.15) is 0 Å². The molecule has 1 aliphatic carbocycles. The maximum Gasteiger partial charge on any atom is 0.137 e. The number of hydrogen-bond acceptors (Lipinski definition) is 2. The van der Waals surface area contributed by atoms with Crippen LogP contribution >= 0.6 is 0 Å². The Bertz CT molecular complexity index is 542. The van der Waals surface area contributed by atoms with Crippen LogP contribution in [-0.4, -0.2) is 30.5 Å². The Balaban J connectivity index is 1.71. The summed E-state index contributed by atoms with van der Waals surface area (Å²) in [5.74, 6) is 0.596. The van der Waals surface area contributed by atoms with Crippen LogP contribution in [0, 0.1) is 10.8 Å². The normalized spacial score (nSPS) is 25.9. The predicted molar refractivity (Wildman–Crippen MR) is 93.7 cm³/mol. The molecule has 0 radical (unpaired) electrons. The van der Waals surface area contributed by atoms with Gasteiger partial charge in [0.2, 0.25) is 0 Å². The minimum absolute atomic E-state index is 0.356. The second-order valence-corrected chi connectivity index (χ2v) is 8.97. The van der Waals surface area contributed by atoms with Gasteiger partial charge in [-0.15, -0.1) is 0 Å². The van der Waals surface area contributed by atoms with Gasteiger partial charge in [0.05, 0.1) is 6.61 Å². The first-order valence-electron chi connectivity index (χ1n) is 8.82. The number of alkyl halides is 1. The van der Waals surface area contributed by atoms with Gasteiger partial charge < -0.3 is 10.0 Å². The maximum absolute atomic E-state index is 14.1. The number of nitrogens with zero attached hydrogens (tertiary/aromatic N) is 1. The maximum atomic E-state index is 14.1. The molecule has 1 saturated carbocycles. The average molecular weight is 319 g/mol. The molecule has 0 spiro atoms. The van der Waals surface area contributed by atoms with Gasteiger partial charge in [-0.1, -0.05) is 39.8 Å². The average Bonchev–Trinajstić information content (AvgIpc) is 2.47. The fourth-order valence-corrected chi connectivity index (χ4v) is 5.41. The molecule has 2 nitrogen and oxygen atoms in total. The van der Waals surface area contributed by atoms with E-state index in [2.05, 4.69) is 56.9 Å². The number of aliphatic hydroxyl groups excluding tert-OH is 1. The SMILES string of the molecule is CC1(C)CC(C)(C)C1c1ccc(N2CCC(F)(CO)CC2)cc1. The van der Waals surface area contributed by atoms with Gasteiger partial charge in [-0.05, 0) is 40.9 Å². The van der Waals surface area contributed by atoms with E-state index in [-0.39, 0.29) is 6.61 Å². The van der Waals surface area contributed by atoms with E-state index >= 15 is 0 Å². The fourth-order valence-electron chi connectivity index (χ4n) is 5.41. The first kappa shape index (κ1) is 16.8. The van der Waals surface area contributed by atoms with Crippen LogP contribution in [0.25, 0.3) is 0 Å². The van der Waals surface area contributed by atoms with Crippen LogP contribution < -0.4 is 4.90 Å². The van der Waals surface area contributed by atoms with E-state index in [0.29, 0.717) is 42.7 Å². The van der Waals surface area contributed by atoms with E-state index in [0.717, 1.165) is 0 Å². The van der Waals surface area contributed by atoms with Crippen molar-refractivity contribution in [2.45, 2.75) is 58.5 Å². The highest BCUT2D eigenvalue weighted by atomic mass is 19.1. The molecule has 1 aromatic carbocycles. The Kier molecular flexibility index (Phi) is 3.99. The molecule has 1 aromatic rings. The van der Waals surface area contributed by atoms with Crippen molar-refractivity contribution in [3.63, 3.8) is 0 Å². The molecule has 23 heavy (non-hydrogen) atoms. The van der Waals surface area contributed by atoms with Gasteiger partial charge >= 0.3 is 0 Å². The molecule has 0 unspecified atom stereocenters. The summed E-state index contributed by atoms with van der Waals surface area (Å²) in [5, 5.41) is 9.14. The summed E-state index contributed by atoms with van der Waals surface area (Å²) >= 11 is 0. The summed E-state index contributed by atoms with van der Waals surface area (Å²) < 4.78 is 14.1. The summed E-state index contributed by atoms with van der Waals surface area (Å²) in [6, 6.07) is 8.88. The summed E-state index contributed by atoms with van der Waals surface area (Å²) in [4.78, 5) is 2.23. The number of piperidine rings is 1. The van der Waals surface area contributed by atoms with Crippen molar-refractivity contribution in [1.82, 2.24) is 0 Å². The van der Waals surface area contributed by atoms with Gasteiger partial charge in [-0.3, -0.25) is 0 Å². The molecular formula is C20H30FNO. The van der Waals surface area contributed by atoms with Crippen molar-refractivity contribution in [3.05, 3.63) is 29.8 Å². The van der Waals surface area contributed by atoms with Crippen molar-refractivity contribution in [2.24, 2.45) is 10.8 Å². The minimum atomic E-state index is -1.38. The van der Waals surface area contributed by atoms with Crippen molar-refractivity contribution in [3.8, 4) is 0 Å². The van der Waals surface area contributed by atoms with Crippen LogP contribution in [0.3, 0.4) is 0 Å². The number of benzene rings is 1. The second-order valence-electron chi connectivity index (χ2n) is 8.97. The van der Waals surface area contributed by atoms with Crippen LogP contribution in [0.1, 0.15) is 58.4 Å². The Hall–Kier alpha value is -1.09. The van der Waals surface area contributed by atoms with Crippen LogP contribution in [0.2, 0.25) is 0 Å². The van der Waals surface area contributed by atoms with E-state index in [9.17, 15) is 4.39 Å². The van der Waals surface area contributed by atoms with Crippen molar-refractivity contribution < 1.29 is 9.50 Å². The number of halogens is 1. The van der Waals surface area contributed by atoms with Crippen molar-refractivity contribution in [1.29, 1.82) is 0 Å².